The maximum absolute atomic E-state index is 12.5. The Morgan fingerprint density at radius 3 is 2.64 bits per heavy atom. The van der Waals surface area contributed by atoms with E-state index in [1.165, 1.54) is 0 Å². The number of Topliss-reactive ketones (excluding diaryl/α,β-unsaturated/α-hetero) is 2. The molecule has 1 aromatic carbocycles. The zero-order valence-electron chi connectivity index (χ0n) is 12.7. The number of hydrogen-bond donors (Lipinski definition) is 1. The number of allylic oxidation sites excluding steroid dienone is 1. The van der Waals surface area contributed by atoms with E-state index in [0.29, 0.717) is 29.8 Å². The summed E-state index contributed by atoms with van der Waals surface area (Å²) >= 11 is 0. The van der Waals surface area contributed by atoms with Gasteiger partial charge in [-0.05, 0) is 44.0 Å². The van der Waals surface area contributed by atoms with Crippen LogP contribution >= 0.6 is 0 Å². The molecule has 0 fully saturated rings. The molecule has 0 radical (unpaired) electrons. The SMILES string of the molecule is CC1=C(C)C(=O)C(Nc2ccc3ccccc3n2)CCC1=O. The number of nitrogens with zero attached hydrogens (tertiary/aromatic N) is 1. The third kappa shape index (κ3) is 2.64. The fourth-order valence-electron chi connectivity index (χ4n) is 2.71. The van der Waals surface area contributed by atoms with Crippen LogP contribution in [0.15, 0.2) is 47.5 Å². The van der Waals surface area contributed by atoms with Gasteiger partial charge in [0, 0.05) is 17.4 Å². The van der Waals surface area contributed by atoms with E-state index in [1.807, 2.05) is 36.4 Å². The smallest absolute Gasteiger partial charge is 0.181 e. The van der Waals surface area contributed by atoms with E-state index >= 15 is 0 Å². The van der Waals surface area contributed by atoms with Crippen LogP contribution in [0.4, 0.5) is 5.82 Å². The molecule has 22 heavy (non-hydrogen) atoms. The largest absolute Gasteiger partial charge is 0.360 e. The summed E-state index contributed by atoms with van der Waals surface area (Å²) in [5, 5.41) is 4.24. The highest BCUT2D eigenvalue weighted by molar-refractivity contribution is 6.10. The standard InChI is InChI=1S/C18H18N2O2/c1-11-12(2)18(22)15(8-9-16(11)21)20-17-10-7-13-5-3-4-6-14(13)19-17/h3-7,10,15H,8-9H2,1-2H3,(H,19,20). The first kappa shape index (κ1) is 14.4. The van der Waals surface area contributed by atoms with E-state index in [-0.39, 0.29) is 11.6 Å². The summed E-state index contributed by atoms with van der Waals surface area (Å²) in [6, 6.07) is 11.3. The van der Waals surface area contributed by atoms with Crippen molar-refractivity contribution < 1.29 is 9.59 Å². The number of carbonyl (C=O) groups excluding carboxylic acids is 2. The molecule has 4 nitrogen and oxygen atoms in total. The molecule has 1 unspecified atom stereocenters. The molecule has 1 heterocycles. The monoisotopic (exact) mass is 294 g/mol. The van der Waals surface area contributed by atoms with Crippen LogP contribution in [-0.4, -0.2) is 22.6 Å². The van der Waals surface area contributed by atoms with Crippen molar-refractivity contribution in [1.29, 1.82) is 0 Å². The van der Waals surface area contributed by atoms with Crippen molar-refractivity contribution in [2.75, 3.05) is 5.32 Å². The molecule has 0 bridgehead atoms. The second-order valence-electron chi connectivity index (χ2n) is 5.66. The third-order valence-corrected chi connectivity index (χ3v) is 4.25. The zero-order chi connectivity index (χ0) is 15.7. The third-order valence-electron chi connectivity index (χ3n) is 4.25. The molecule has 4 heteroatoms. The van der Waals surface area contributed by atoms with Crippen LogP contribution in [0.1, 0.15) is 26.7 Å². The number of aromatic nitrogens is 1. The minimum absolute atomic E-state index is 0.0155. The fraction of sp³-hybridized carbons (Fsp3) is 0.278. The van der Waals surface area contributed by atoms with Gasteiger partial charge >= 0.3 is 0 Å². The molecular formula is C18H18N2O2. The van der Waals surface area contributed by atoms with Crippen molar-refractivity contribution in [1.82, 2.24) is 4.98 Å². The second kappa shape index (κ2) is 5.72. The summed E-state index contributed by atoms with van der Waals surface area (Å²) in [6.07, 6.45) is 0.890. The molecule has 0 saturated carbocycles. The second-order valence-corrected chi connectivity index (χ2v) is 5.66. The maximum atomic E-state index is 12.5. The summed E-state index contributed by atoms with van der Waals surface area (Å²) in [5.74, 6) is 0.705. The molecule has 3 rings (SSSR count). The number of rotatable bonds is 2. The summed E-state index contributed by atoms with van der Waals surface area (Å²) in [5.41, 5.74) is 2.02. The first-order chi connectivity index (χ1) is 10.6. The van der Waals surface area contributed by atoms with Gasteiger partial charge in [0.05, 0.1) is 11.6 Å². The van der Waals surface area contributed by atoms with Gasteiger partial charge in [-0.1, -0.05) is 18.2 Å². The lowest BCUT2D eigenvalue weighted by atomic mass is 10.0. The van der Waals surface area contributed by atoms with Crippen molar-refractivity contribution in [2.24, 2.45) is 0 Å². The summed E-state index contributed by atoms with van der Waals surface area (Å²) < 4.78 is 0. The first-order valence-electron chi connectivity index (χ1n) is 7.43. The molecule has 1 aliphatic rings. The highest BCUT2D eigenvalue weighted by Gasteiger charge is 2.27. The van der Waals surface area contributed by atoms with Crippen molar-refractivity contribution in [2.45, 2.75) is 32.7 Å². The number of benzene rings is 1. The van der Waals surface area contributed by atoms with Gasteiger partial charge in [-0.15, -0.1) is 0 Å². The molecule has 0 spiro atoms. The van der Waals surface area contributed by atoms with Gasteiger partial charge in [-0.2, -0.15) is 0 Å². The van der Waals surface area contributed by atoms with Crippen LogP contribution < -0.4 is 5.32 Å². The number of ketones is 2. The quantitative estimate of drug-likeness (QED) is 0.923. The molecule has 2 aromatic rings. The average Bonchev–Trinajstić information content (AvgIpc) is 2.63. The zero-order valence-corrected chi connectivity index (χ0v) is 12.7. The van der Waals surface area contributed by atoms with Crippen LogP contribution in [0, 0.1) is 0 Å². The lowest BCUT2D eigenvalue weighted by molar-refractivity contribution is -0.116. The van der Waals surface area contributed by atoms with E-state index < -0.39 is 6.04 Å². The number of fused-ring (bicyclic) bond motifs is 1. The summed E-state index contributed by atoms with van der Waals surface area (Å²) in [6.45, 7) is 3.45. The molecule has 1 N–H and O–H groups in total. The van der Waals surface area contributed by atoms with E-state index in [9.17, 15) is 9.59 Å². The van der Waals surface area contributed by atoms with Gasteiger partial charge in [0.25, 0.3) is 0 Å². The molecule has 1 aromatic heterocycles. The van der Waals surface area contributed by atoms with Crippen LogP contribution in [0.5, 0.6) is 0 Å². The van der Waals surface area contributed by atoms with Gasteiger partial charge in [0.1, 0.15) is 5.82 Å². The highest BCUT2D eigenvalue weighted by atomic mass is 16.1. The van der Waals surface area contributed by atoms with Gasteiger partial charge in [0.2, 0.25) is 0 Å². The number of carbonyl (C=O) groups is 2. The van der Waals surface area contributed by atoms with E-state index in [2.05, 4.69) is 10.3 Å². The molecular weight excluding hydrogens is 276 g/mol. The topological polar surface area (TPSA) is 59.1 Å². The normalized spacial score (nSPS) is 19.5. The predicted molar refractivity (Wildman–Crippen MR) is 86.8 cm³/mol. The number of pyridine rings is 1. The Balaban J connectivity index is 1.88. The van der Waals surface area contributed by atoms with Gasteiger partial charge in [-0.25, -0.2) is 4.98 Å². The van der Waals surface area contributed by atoms with E-state index in [1.54, 1.807) is 13.8 Å². The van der Waals surface area contributed by atoms with Crippen molar-refractivity contribution in [3.05, 3.63) is 47.5 Å². The van der Waals surface area contributed by atoms with Crippen LogP contribution in [0.3, 0.4) is 0 Å². The summed E-state index contributed by atoms with van der Waals surface area (Å²) in [4.78, 5) is 28.9. The molecule has 112 valence electrons. The molecule has 1 aliphatic carbocycles. The Hall–Kier alpha value is -2.49. The Morgan fingerprint density at radius 1 is 1.05 bits per heavy atom. The Bertz CT molecular complexity index is 793. The number of anilines is 1. The van der Waals surface area contributed by atoms with E-state index in [4.69, 9.17) is 0 Å². The minimum atomic E-state index is -0.393. The highest BCUT2D eigenvalue weighted by Crippen LogP contribution is 2.22. The molecule has 1 atom stereocenters. The number of nitrogens with one attached hydrogen (secondary N) is 1. The van der Waals surface area contributed by atoms with Gasteiger partial charge in [0.15, 0.2) is 11.6 Å². The molecule has 0 amide bonds. The van der Waals surface area contributed by atoms with Crippen molar-refractivity contribution >= 4 is 28.3 Å². The maximum Gasteiger partial charge on any atom is 0.181 e. The fourth-order valence-corrected chi connectivity index (χ4v) is 2.71. The lowest BCUT2D eigenvalue weighted by Gasteiger charge is -2.16. The van der Waals surface area contributed by atoms with Gasteiger partial charge in [-0.3, -0.25) is 9.59 Å². The lowest BCUT2D eigenvalue weighted by Crippen LogP contribution is -2.29. The molecule has 0 saturated heterocycles. The van der Waals surface area contributed by atoms with Crippen molar-refractivity contribution in [3.63, 3.8) is 0 Å². The number of hydrogen-bond acceptors (Lipinski definition) is 4. The van der Waals surface area contributed by atoms with Crippen molar-refractivity contribution in [3.8, 4) is 0 Å². The van der Waals surface area contributed by atoms with E-state index in [0.717, 1.165) is 10.9 Å². The molecule has 0 aliphatic heterocycles. The Labute approximate surface area is 129 Å². The summed E-state index contributed by atoms with van der Waals surface area (Å²) in [7, 11) is 0. The predicted octanol–water partition coefficient (Wildman–Crippen LogP) is 3.28. The van der Waals surface area contributed by atoms with Crippen LogP contribution in [0.2, 0.25) is 0 Å². The van der Waals surface area contributed by atoms with Crippen LogP contribution in [-0.2, 0) is 9.59 Å². The Kier molecular flexibility index (Phi) is 3.75. The van der Waals surface area contributed by atoms with Crippen LogP contribution in [0.25, 0.3) is 10.9 Å². The minimum Gasteiger partial charge on any atom is -0.360 e. The Morgan fingerprint density at radius 2 is 1.82 bits per heavy atom. The van der Waals surface area contributed by atoms with Gasteiger partial charge < -0.3 is 5.32 Å². The average molecular weight is 294 g/mol. The number of para-hydroxylation sites is 1. The first-order valence-corrected chi connectivity index (χ1v) is 7.43.